The van der Waals surface area contributed by atoms with Gasteiger partial charge in [-0.1, -0.05) is 26.7 Å². The third-order valence-electron chi connectivity index (χ3n) is 1.74. The van der Waals surface area contributed by atoms with Crippen LogP contribution in [0.15, 0.2) is 0 Å². The average Bonchev–Trinajstić information content (AvgIpc) is 1.99. The molecule has 0 aromatic heterocycles. The van der Waals surface area contributed by atoms with Gasteiger partial charge in [-0.3, -0.25) is 0 Å². The predicted octanol–water partition coefficient (Wildman–Crippen LogP) is 1.87. The molecule has 2 heteroatoms. The van der Waals surface area contributed by atoms with E-state index < -0.39 is 0 Å². The van der Waals surface area contributed by atoms with E-state index in [9.17, 15) is 5.11 Å². The monoisotopic (exact) mass is 145 g/mol. The minimum Gasteiger partial charge on any atom is -0.379 e. The van der Waals surface area contributed by atoms with Gasteiger partial charge in [-0.15, -0.1) is 0 Å². The number of ether oxygens (including phenoxy) is 1. The molecular weight excluding hydrogens is 128 g/mol. The van der Waals surface area contributed by atoms with Gasteiger partial charge in [0.05, 0.1) is 6.61 Å². The quantitative estimate of drug-likeness (QED) is 0.524. The van der Waals surface area contributed by atoms with E-state index in [1.54, 1.807) is 0 Å². The van der Waals surface area contributed by atoms with Crippen molar-refractivity contribution in [2.24, 2.45) is 5.92 Å². The Morgan fingerprint density at radius 3 is 2.30 bits per heavy atom. The highest BCUT2D eigenvalue weighted by atomic mass is 16.5. The molecule has 1 radical (unpaired) electrons. The zero-order chi connectivity index (χ0) is 7.82. The van der Waals surface area contributed by atoms with Crippen molar-refractivity contribution in [2.45, 2.75) is 26.7 Å². The Bertz CT molecular complexity index is 60.3. The second kappa shape index (κ2) is 7.03. The summed E-state index contributed by atoms with van der Waals surface area (Å²) in [5.41, 5.74) is 0. The first-order chi connectivity index (χ1) is 4.85. The van der Waals surface area contributed by atoms with Gasteiger partial charge in [-0.2, -0.15) is 0 Å². The molecule has 10 heavy (non-hydrogen) atoms. The lowest BCUT2D eigenvalue weighted by molar-refractivity contribution is 0.0440. The van der Waals surface area contributed by atoms with Crippen molar-refractivity contribution in [2.75, 3.05) is 19.8 Å². The molecule has 0 amide bonds. The maximum atomic E-state index is 9.96. The summed E-state index contributed by atoms with van der Waals surface area (Å²) in [5, 5.41) is 9.96. The zero-order valence-corrected chi connectivity index (χ0v) is 6.93. The Kier molecular flexibility index (Phi) is 6.98. The number of hydrogen-bond acceptors (Lipinski definition) is 1. The average molecular weight is 145 g/mol. The molecule has 0 aliphatic heterocycles. The highest BCUT2D eigenvalue weighted by molar-refractivity contribution is 4.51. The van der Waals surface area contributed by atoms with Crippen molar-refractivity contribution >= 4 is 0 Å². The third kappa shape index (κ3) is 4.77. The fourth-order valence-electron chi connectivity index (χ4n) is 0.833. The second-order valence-electron chi connectivity index (χ2n) is 2.46. The smallest absolute Gasteiger partial charge is 0.106 e. The lowest BCUT2D eigenvalue weighted by Gasteiger charge is -2.10. The van der Waals surface area contributed by atoms with Crippen molar-refractivity contribution in [3.63, 3.8) is 0 Å². The summed E-state index contributed by atoms with van der Waals surface area (Å²) in [5.74, 6) is 0.645. The molecule has 61 valence electrons. The standard InChI is InChI=1S/C8H17O2/c1-3-8(4-2)7-10-6-5-9/h8H,3-7H2,1-2H3. The van der Waals surface area contributed by atoms with Crippen molar-refractivity contribution < 1.29 is 9.84 Å². The van der Waals surface area contributed by atoms with Crippen LogP contribution >= 0.6 is 0 Å². The minimum absolute atomic E-state index is 0.111. The van der Waals surface area contributed by atoms with E-state index in [0.717, 1.165) is 19.4 Å². The molecule has 0 rings (SSSR count). The number of rotatable bonds is 6. The van der Waals surface area contributed by atoms with Crippen LogP contribution in [0.3, 0.4) is 0 Å². The van der Waals surface area contributed by atoms with E-state index in [0.29, 0.717) is 12.5 Å². The van der Waals surface area contributed by atoms with E-state index in [1.165, 1.54) is 0 Å². The summed E-state index contributed by atoms with van der Waals surface area (Å²) >= 11 is 0. The normalized spacial score (nSPS) is 10.8. The first-order valence-electron chi connectivity index (χ1n) is 4.00. The van der Waals surface area contributed by atoms with Crippen LogP contribution in [0.4, 0.5) is 0 Å². The predicted molar refractivity (Wildman–Crippen MR) is 40.4 cm³/mol. The molecule has 0 bridgehead atoms. The number of hydrogen-bond donors (Lipinski definition) is 0. The first-order valence-corrected chi connectivity index (χ1v) is 4.00. The largest absolute Gasteiger partial charge is 0.379 e. The van der Waals surface area contributed by atoms with Crippen molar-refractivity contribution in [3.8, 4) is 0 Å². The SMILES string of the molecule is CCC(CC)COCC[O]. The maximum absolute atomic E-state index is 9.96. The van der Waals surface area contributed by atoms with Gasteiger partial charge in [0.25, 0.3) is 0 Å². The first kappa shape index (κ1) is 9.92. The van der Waals surface area contributed by atoms with Crippen LogP contribution in [0.1, 0.15) is 26.7 Å². The molecule has 0 heterocycles. The summed E-state index contributed by atoms with van der Waals surface area (Å²) < 4.78 is 5.11. The molecule has 0 saturated carbocycles. The highest BCUT2D eigenvalue weighted by Crippen LogP contribution is 2.06. The Morgan fingerprint density at radius 1 is 1.30 bits per heavy atom. The molecular formula is C8H17O2. The van der Waals surface area contributed by atoms with Crippen LogP contribution in [-0.2, 0) is 9.84 Å². The van der Waals surface area contributed by atoms with Crippen LogP contribution in [-0.4, -0.2) is 19.8 Å². The van der Waals surface area contributed by atoms with Gasteiger partial charge in [0.2, 0.25) is 0 Å². The lowest BCUT2D eigenvalue weighted by atomic mass is 10.1. The molecule has 0 aliphatic carbocycles. The molecule has 0 atom stereocenters. The summed E-state index contributed by atoms with van der Waals surface area (Å²) in [6.45, 7) is 5.31. The van der Waals surface area contributed by atoms with Crippen molar-refractivity contribution in [1.82, 2.24) is 0 Å². The van der Waals surface area contributed by atoms with E-state index in [2.05, 4.69) is 13.8 Å². The minimum atomic E-state index is -0.111. The van der Waals surface area contributed by atoms with Crippen molar-refractivity contribution in [3.05, 3.63) is 0 Å². The maximum Gasteiger partial charge on any atom is 0.106 e. The summed E-state index contributed by atoms with van der Waals surface area (Å²) in [6.07, 6.45) is 2.30. The summed E-state index contributed by atoms with van der Waals surface area (Å²) in [6, 6.07) is 0. The highest BCUT2D eigenvalue weighted by Gasteiger charge is 2.01. The fraction of sp³-hybridized carbons (Fsp3) is 1.00. The molecule has 0 aliphatic rings. The van der Waals surface area contributed by atoms with Gasteiger partial charge < -0.3 is 4.74 Å². The Balaban J connectivity index is 3.09. The van der Waals surface area contributed by atoms with E-state index in [-0.39, 0.29) is 6.61 Å². The second-order valence-corrected chi connectivity index (χ2v) is 2.46. The van der Waals surface area contributed by atoms with Gasteiger partial charge in [0.15, 0.2) is 0 Å². The van der Waals surface area contributed by atoms with Gasteiger partial charge in [-0.25, -0.2) is 5.11 Å². The van der Waals surface area contributed by atoms with Crippen LogP contribution in [0, 0.1) is 5.92 Å². The van der Waals surface area contributed by atoms with E-state index >= 15 is 0 Å². The summed E-state index contributed by atoms with van der Waals surface area (Å²) in [7, 11) is 0. The molecule has 0 spiro atoms. The van der Waals surface area contributed by atoms with Crippen LogP contribution in [0.25, 0.3) is 0 Å². The molecule has 0 fully saturated rings. The van der Waals surface area contributed by atoms with Gasteiger partial charge in [0, 0.05) is 6.61 Å². The Hall–Kier alpha value is -0.0800. The van der Waals surface area contributed by atoms with Gasteiger partial charge in [0.1, 0.15) is 6.61 Å². The Labute approximate surface area is 63.2 Å². The van der Waals surface area contributed by atoms with E-state index in [4.69, 9.17) is 4.74 Å². The molecule has 0 aromatic rings. The van der Waals surface area contributed by atoms with Crippen molar-refractivity contribution in [1.29, 1.82) is 0 Å². The van der Waals surface area contributed by atoms with Crippen LogP contribution in [0.2, 0.25) is 0 Å². The fourth-order valence-corrected chi connectivity index (χ4v) is 0.833. The van der Waals surface area contributed by atoms with Crippen LogP contribution < -0.4 is 0 Å². The molecule has 0 N–H and O–H groups in total. The summed E-state index contributed by atoms with van der Waals surface area (Å²) in [4.78, 5) is 0. The molecule has 0 unspecified atom stereocenters. The third-order valence-corrected chi connectivity index (χ3v) is 1.74. The Morgan fingerprint density at radius 2 is 1.90 bits per heavy atom. The lowest BCUT2D eigenvalue weighted by Crippen LogP contribution is -2.09. The van der Waals surface area contributed by atoms with Crippen LogP contribution in [0.5, 0.6) is 0 Å². The zero-order valence-electron chi connectivity index (χ0n) is 6.93. The van der Waals surface area contributed by atoms with Gasteiger partial charge >= 0.3 is 0 Å². The van der Waals surface area contributed by atoms with E-state index in [1.807, 2.05) is 0 Å². The molecule has 2 nitrogen and oxygen atoms in total. The topological polar surface area (TPSA) is 29.1 Å². The molecule has 0 saturated heterocycles. The molecule has 0 aromatic carbocycles. The van der Waals surface area contributed by atoms with Gasteiger partial charge in [-0.05, 0) is 5.92 Å².